The zero-order valence-electron chi connectivity index (χ0n) is 16.6. The third-order valence-corrected chi connectivity index (χ3v) is 4.58. The molecule has 5 nitrogen and oxygen atoms in total. The molecule has 2 amide bonds. The molecule has 0 aliphatic heterocycles. The molecule has 2 rings (SSSR count). The van der Waals surface area contributed by atoms with E-state index < -0.39 is 6.04 Å². The van der Waals surface area contributed by atoms with Gasteiger partial charge in [0.05, 0.1) is 0 Å². The third kappa shape index (κ3) is 6.57. The minimum absolute atomic E-state index is 0.144. The number of carbonyl (C=O) groups excluding carboxylic acids is 2. The summed E-state index contributed by atoms with van der Waals surface area (Å²) in [6.07, 6.45) is 0.831. The van der Waals surface area contributed by atoms with Crippen molar-refractivity contribution >= 4 is 23.4 Å². The third-order valence-electron chi connectivity index (χ3n) is 4.34. The first-order valence-corrected chi connectivity index (χ1v) is 9.79. The molecular formula is C22H27ClN2O3. The lowest BCUT2D eigenvalue weighted by molar-refractivity contribution is -0.142. The Kier molecular flexibility index (Phi) is 8.33. The van der Waals surface area contributed by atoms with E-state index in [2.05, 4.69) is 5.32 Å². The molecule has 150 valence electrons. The van der Waals surface area contributed by atoms with Crippen LogP contribution in [-0.2, 0) is 16.1 Å². The minimum Gasteiger partial charge on any atom is -0.484 e. The molecule has 0 radical (unpaired) electrons. The fraction of sp³-hybridized carbons (Fsp3) is 0.364. The highest BCUT2D eigenvalue weighted by atomic mass is 35.5. The van der Waals surface area contributed by atoms with Crippen molar-refractivity contribution in [2.24, 2.45) is 0 Å². The lowest BCUT2D eigenvalue weighted by Gasteiger charge is -2.28. The highest BCUT2D eigenvalue weighted by Crippen LogP contribution is 2.16. The number of nitrogens with zero attached hydrogens (tertiary/aromatic N) is 1. The maximum atomic E-state index is 12.9. The van der Waals surface area contributed by atoms with E-state index in [4.69, 9.17) is 16.3 Å². The predicted molar refractivity (Wildman–Crippen MR) is 111 cm³/mol. The Labute approximate surface area is 171 Å². The van der Waals surface area contributed by atoms with Crippen LogP contribution >= 0.6 is 11.6 Å². The van der Waals surface area contributed by atoms with Crippen LogP contribution in [0.1, 0.15) is 31.4 Å². The molecule has 0 saturated heterocycles. The molecule has 0 aromatic heterocycles. The Morgan fingerprint density at radius 1 is 1.18 bits per heavy atom. The van der Waals surface area contributed by atoms with Crippen LogP contribution in [0.25, 0.3) is 0 Å². The van der Waals surface area contributed by atoms with Crippen molar-refractivity contribution in [1.82, 2.24) is 10.2 Å². The number of rotatable bonds is 9. The average Bonchev–Trinajstić information content (AvgIpc) is 2.69. The largest absolute Gasteiger partial charge is 0.484 e. The molecule has 0 aliphatic rings. The second kappa shape index (κ2) is 10.7. The number of carbonyl (C=O) groups is 2. The summed E-state index contributed by atoms with van der Waals surface area (Å²) < 4.78 is 5.63. The summed E-state index contributed by atoms with van der Waals surface area (Å²) >= 11 is 6.07. The lowest BCUT2D eigenvalue weighted by Crippen LogP contribution is -2.49. The van der Waals surface area contributed by atoms with Crippen molar-refractivity contribution in [3.63, 3.8) is 0 Å². The number of nitrogens with one attached hydrogen (secondary N) is 1. The molecule has 0 spiro atoms. The molecule has 1 atom stereocenters. The average molecular weight is 403 g/mol. The Balaban J connectivity index is 2.12. The van der Waals surface area contributed by atoms with E-state index in [0.29, 0.717) is 17.3 Å². The molecule has 0 heterocycles. The van der Waals surface area contributed by atoms with E-state index in [1.807, 2.05) is 50.2 Å². The van der Waals surface area contributed by atoms with Gasteiger partial charge < -0.3 is 15.0 Å². The van der Waals surface area contributed by atoms with E-state index >= 15 is 0 Å². The summed E-state index contributed by atoms with van der Waals surface area (Å²) in [7, 11) is 0. The summed E-state index contributed by atoms with van der Waals surface area (Å²) in [4.78, 5) is 26.8. The van der Waals surface area contributed by atoms with Crippen molar-refractivity contribution < 1.29 is 14.3 Å². The number of hydrogen-bond donors (Lipinski definition) is 1. The van der Waals surface area contributed by atoms with Crippen molar-refractivity contribution in [3.05, 3.63) is 64.7 Å². The molecular weight excluding hydrogens is 376 g/mol. The SMILES string of the molecule is CCCNC(=O)C(C)N(Cc1cccc(Cl)c1)C(=O)COc1ccc(C)cc1. The summed E-state index contributed by atoms with van der Waals surface area (Å²) in [5.74, 6) is 0.164. The monoisotopic (exact) mass is 402 g/mol. The van der Waals surface area contributed by atoms with Gasteiger partial charge >= 0.3 is 0 Å². The zero-order chi connectivity index (χ0) is 20.5. The molecule has 0 fully saturated rings. The Morgan fingerprint density at radius 3 is 2.54 bits per heavy atom. The van der Waals surface area contributed by atoms with Gasteiger partial charge in [-0.25, -0.2) is 0 Å². The molecule has 1 unspecified atom stereocenters. The normalized spacial score (nSPS) is 11.6. The van der Waals surface area contributed by atoms with E-state index in [1.54, 1.807) is 19.1 Å². The van der Waals surface area contributed by atoms with E-state index in [1.165, 1.54) is 4.90 Å². The fourth-order valence-corrected chi connectivity index (χ4v) is 2.89. The number of halogens is 1. The first-order chi connectivity index (χ1) is 13.4. The lowest BCUT2D eigenvalue weighted by atomic mass is 10.1. The van der Waals surface area contributed by atoms with Gasteiger partial charge in [0, 0.05) is 18.1 Å². The van der Waals surface area contributed by atoms with E-state index in [9.17, 15) is 9.59 Å². The molecule has 0 bridgehead atoms. The summed E-state index contributed by atoms with van der Waals surface area (Å²) in [6, 6.07) is 14.1. The van der Waals surface area contributed by atoms with Crippen molar-refractivity contribution in [3.8, 4) is 5.75 Å². The van der Waals surface area contributed by atoms with Crippen molar-refractivity contribution in [2.45, 2.75) is 39.8 Å². The van der Waals surface area contributed by atoms with Crippen LogP contribution in [-0.4, -0.2) is 35.9 Å². The van der Waals surface area contributed by atoms with Gasteiger partial charge in [-0.3, -0.25) is 9.59 Å². The maximum absolute atomic E-state index is 12.9. The predicted octanol–water partition coefficient (Wildman–Crippen LogP) is 3.97. The second-order valence-electron chi connectivity index (χ2n) is 6.72. The number of benzene rings is 2. The molecule has 2 aromatic rings. The van der Waals surface area contributed by atoms with Crippen LogP contribution in [0.2, 0.25) is 5.02 Å². The van der Waals surface area contributed by atoms with Gasteiger partial charge in [-0.15, -0.1) is 0 Å². The highest BCUT2D eigenvalue weighted by Gasteiger charge is 2.26. The smallest absolute Gasteiger partial charge is 0.261 e. The summed E-state index contributed by atoms with van der Waals surface area (Å²) in [5.41, 5.74) is 1.97. The van der Waals surface area contributed by atoms with Gasteiger partial charge in [0.1, 0.15) is 11.8 Å². The highest BCUT2D eigenvalue weighted by molar-refractivity contribution is 6.30. The Hall–Kier alpha value is -2.53. The zero-order valence-corrected chi connectivity index (χ0v) is 17.3. The molecule has 2 aromatic carbocycles. The fourth-order valence-electron chi connectivity index (χ4n) is 2.67. The van der Waals surface area contributed by atoms with Crippen LogP contribution in [0.3, 0.4) is 0 Å². The molecule has 0 aliphatic carbocycles. The quantitative estimate of drug-likeness (QED) is 0.690. The van der Waals surface area contributed by atoms with Gasteiger partial charge in [-0.2, -0.15) is 0 Å². The van der Waals surface area contributed by atoms with Crippen LogP contribution in [0.5, 0.6) is 5.75 Å². The minimum atomic E-state index is -0.625. The molecule has 28 heavy (non-hydrogen) atoms. The maximum Gasteiger partial charge on any atom is 0.261 e. The molecule has 6 heteroatoms. The topological polar surface area (TPSA) is 58.6 Å². The summed E-state index contributed by atoms with van der Waals surface area (Å²) in [6.45, 7) is 6.39. The molecule has 1 N–H and O–H groups in total. The van der Waals surface area contributed by atoms with Crippen LogP contribution in [0.4, 0.5) is 0 Å². The second-order valence-corrected chi connectivity index (χ2v) is 7.16. The van der Waals surface area contributed by atoms with Gasteiger partial charge in [0.25, 0.3) is 5.91 Å². The number of hydrogen-bond acceptors (Lipinski definition) is 3. The van der Waals surface area contributed by atoms with Gasteiger partial charge in [0.15, 0.2) is 6.61 Å². The number of amides is 2. The number of ether oxygens (including phenoxy) is 1. The standard InChI is InChI=1S/C22H27ClN2O3/c1-4-12-24-22(27)17(3)25(14-18-6-5-7-19(23)13-18)21(26)15-28-20-10-8-16(2)9-11-20/h5-11,13,17H,4,12,14-15H2,1-3H3,(H,24,27). The van der Waals surface area contributed by atoms with Crippen LogP contribution in [0, 0.1) is 6.92 Å². The molecule has 0 saturated carbocycles. The first-order valence-electron chi connectivity index (χ1n) is 9.41. The first kappa shape index (κ1) is 21.8. The number of aryl methyl sites for hydroxylation is 1. The summed E-state index contributed by atoms with van der Waals surface area (Å²) in [5, 5.41) is 3.43. The van der Waals surface area contributed by atoms with Gasteiger partial charge in [-0.1, -0.05) is 48.4 Å². The van der Waals surface area contributed by atoms with Crippen molar-refractivity contribution in [2.75, 3.05) is 13.2 Å². The van der Waals surface area contributed by atoms with E-state index in [-0.39, 0.29) is 25.0 Å². The van der Waals surface area contributed by atoms with Crippen molar-refractivity contribution in [1.29, 1.82) is 0 Å². The van der Waals surface area contributed by atoms with Crippen LogP contribution < -0.4 is 10.1 Å². The van der Waals surface area contributed by atoms with Crippen LogP contribution in [0.15, 0.2) is 48.5 Å². The van der Waals surface area contributed by atoms with E-state index in [0.717, 1.165) is 17.5 Å². The Morgan fingerprint density at radius 2 is 1.89 bits per heavy atom. The van der Waals surface area contributed by atoms with Gasteiger partial charge in [0.2, 0.25) is 5.91 Å². The Bertz CT molecular complexity index is 793. The van der Waals surface area contributed by atoms with Gasteiger partial charge in [-0.05, 0) is 50.1 Å².